The molecule has 1 aromatic rings. The van der Waals surface area contributed by atoms with Crippen molar-refractivity contribution in [3.8, 4) is 0 Å². The number of hydrogen-bond donors (Lipinski definition) is 1. The minimum Gasteiger partial charge on any atom is -0.317 e. The predicted molar refractivity (Wildman–Crippen MR) is 63.6 cm³/mol. The Morgan fingerprint density at radius 2 is 2.06 bits per heavy atom. The van der Waals surface area contributed by atoms with Gasteiger partial charge in [0.05, 0.1) is 5.56 Å². The van der Waals surface area contributed by atoms with Gasteiger partial charge in [-0.2, -0.15) is 13.2 Å². The van der Waals surface area contributed by atoms with Crippen molar-refractivity contribution >= 4 is 5.57 Å². The Balaban J connectivity index is 2.74. The summed E-state index contributed by atoms with van der Waals surface area (Å²) in [5.74, 6) is 0. The zero-order chi connectivity index (χ0) is 12.9. The molecule has 94 valence electrons. The second-order valence-electron chi connectivity index (χ2n) is 3.79. The normalized spacial score (nSPS) is 11.5. The largest absolute Gasteiger partial charge is 0.416 e. The smallest absolute Gasteiger partial charge is 0.317 e. The topological polar surface area (TPSA) is 12.0 Å². The van der Waals surface area contributed by atoms with Gasteiger partial charge >= 0.3 is 6.18 Å². The molecule has 1 nitrogen and oxygen atoms in total. The quantitative estimate of drug-likeness (QED) is 0.777. The van der Waals surface area contributed by atoms with Crippen LogP contribution in [0.4, 0.5) is 13.2 Å². The van der Waals surface area contributed by atoms with Gasteiger partial charge in [0, 0.05) is 0 Å². The third-order valence-corrected chi connectivity index (χ3v) is 2.45. The van der Waals surface area contributed by atoms with Crippen molar-refractivity contribution in [2.45, 2.75) is 19.5 Å². The van der Waals surface area contributed by atoms with Crippen molar-refractivity contribution in [3.05, 3.63) is 42.0 Å². The van der Waals surface area contributed by atoms with Crippen molar-refractivity contribution in [1.29, 1.82) is 0 Å². The van der Waals surface area contributed by atoms with Crippen LogP contribution in [-0.2, 0) is 6.18 Å². The molecule has 0 aromatic heterocycles. The number of alkyl halides is 3. The van der Waals surface area contributed by atoms with Crippen LogP contribution in [0.5, 0.6) is 0 Å². The monoisotopic (exact) mass is 243 g/mol. The fourth-order valence-corrected chi connectivity index (χ4v) is 1.48. The van der Waals surface area contributed by atoms with Gasteiger partial charge < -0.3 is 5.32 Å². The summed E-state index contributed by atoms with van der Waals surface area (Å²) in [5.41, 5.74) is 0.648. The summed E-state index contributed by atoms with van der Waals surface area (Å²) in [4.78, 5) is 0. The van der Waals surface area contributed by atoms with Gasteiger partial charge in [-0.05, 0) is 42.8 Å². The third kappa shape index (κ3) is 4.23. The highest BCUT2D eigenvalue weighted by Gasteiger charge is 2.30. The zero-order valence-electron chi connectivity index (χ0n) is 9.77. The minimum atomic E-state index is -4.29. The van der Waals surface area contributed by atoms with E-state index >= 15 is 0 Å². The van der Waals surface area contributed by atoms with E-state index in [4.69, 9.17) is 0 Å². The van der Waals surface area contributed by atoms with Crippen molar-refractivity contribution in [3.63, 3.8) is 0 Å². The van der Waals surface area contributed by atoms with E-state index in [0.29, 0.717) is 12.0 Å². The van der Waals surface area contributed by atoms with Crippen LogP contribution >= 0.6 is 0 Å². The van der Waals surface area contributed by atoms with Crippen molar-refractivity contribution in [2.24, 2.45) is 0 Å². The molecule has 17 heavy (non-hydrogen) atoms. The van der Waals surface area contributed by atoms with E-state index in [1.807, 2.05) is 6.92 Å². The summed E-state index contributed by atoms with van der Waals surface area (Å²) < 4.78 is 37.5. The summed E-state index contributed by atoms with van der Waals surface area (Å²) in [7, 11) is 0. The lowest BCUT2D eigenvalue weighted by Crippen LogP contribution is -2.14. The van der Waals surface area contributed by atoms with Gasteiger partial charge in [0.2, 0.25) is 0 Å². The van der Waals surface area contributed by atoms with Gasteiger partial charge in [0.1, 0.15) is 0 Å². The maximum absolute atomic E-state index is 12.5. The van der Waals surface area contributed by atoms with Crippen molar-refractivity contribution in [2.75, 3.05) is 13.1 Å². The number of halogens is 3. The zero-order valence-corrected chi connectivity index (χ0v) is 9.77. The Morgan fingerprint density at radius 1 is 1.35 bits per heavy atom. The van der Waals surface area contributed by atoms with E-state index in [1.54, 1.807) is 6.07 Å². The highest BCUT2D eigenvalue weighted by Crippen LogP contribution is 2.31. The number of nitrogens with one attached hydrogen (secondary N) is 1. The van der Waals surface area contributed by atoms with Crippen LogP contribution in [0.1, 0.15) is 24.5 Å². The van der Waals surface area contributed by atoms with E-state index in [1.165, 1.54) is 6.07 Å². The molecule has 1 rings (SSSR count). The molecule has 0 heterocycles. The lowest BCUT2D eigenvalue weighted by molar-refractivity contribution is -0.137. The van der Waals surface area contributed by atoms with Crippen LogP contribution in [0.2, 0.25) is 0 Å². The van der Waals surface area contributed by atoms with Crippen molar-refractivity contribution < 1.29 is 13.2 Å². The standard InChI is InChI=1S/C13H16F3N/c1-3-17-8-7-10(2)11-5-4-6-12(9-11)13(14,15)16/h4-6,9,17H,2-3,7-8H2,1H3. The lowest BCUT2D eigenvalue weighted by atomic mass is 10.0. The van der Waals surface area contributed by atoms with Gasteiger partial charge in [-0.15, -0.1) is 0 Å². The van der Waals surface area contributed by atoms with Gasteiger partial charge in [0.15, 0.2) is 0 Å². The van der Waals surface area contributed by atoms with E-state index in [2.05, 4.69) is 11.9 Å². The summed E-state index contributed by atoms with van der Waals surface area (Å²) in [6.07, 6.45) is -3.65. The SMILES string of the molecule is C=C(CCNCC)c1cccc(C(F)(F)F)c1. The molecule has 0 radical (unpaired) electrons. The molecular formula is C13H16F3N. The Kier molecular flexibility index (Phi) is 4.75. The Hall–Kier alpha value is -1.29. The summed E-state index contributed by atoms with van der Waals surface area (Å²) in [6, 6.07) is 5.29. The Morgan fingerprint density at radius 3 is 2.65 bits per heavy atom. The van der Waals surface area contributed by atoms with Crippen LogP contribution in [0, 0.1) is 0 Å². The predicted octanol–water partition coefficient (Wildman–Crippen LogP) is 3.72. The second kappa shape index (κ2) is 5.87. The first kappa shape index (κ1) is 13.8. The first-order valence-electron chi connectivity index (χ1n) is 5.51. The number of hydrogen-bond acceptors (Lipinski definition) is 1. The average molecular weight is 243 g/mol. The summed E-state index contributed by atoms with van der Waals surface area (Å²) >= 11 is 0. The van der Waals surface area contributed by atoms with Crippen LogP contribution in [0.15, 0.2) is 30.8 Å². The molecule has 0 aliphatic heterocycles. The van der Waals surface area contributed by atoms with Gasteiger partial charge in [-0.3, -0.25) is 0 Å². The van der Waals surface area contributed by atoms with E-state index in [9.17, 15) is 13.2 Å². The Bertz CT molecular complexity index is 382. The average Bonchev–Trinajstić information content (AvgIpc) is 2.28. The molecule has 0 bridgehead atoms. The van der Waals surface area contributed by atoms with Gasteiger partial charge in [0.25, 0.3) is 0 Å². The molecule has 1 aromatic carbocycles. The Labute approximate surface area is 99.3 Å². The van der Waals surface area contributed by atoms with E-state index in [-0.39, 0.29) is 0 Å². The molecular weight excluding hydrogens is 227 g/mol. The van der Waals surface area contributed by atoms with Gasteiger partial charge in [-0.1, -0.05) is 25.6 Å². The highest BCUT2D eigenvalue weighted by atomic mass is 19.4. The van der Waals surface area contributed by atoms with Crippen LogP contribution in [0.3, 0.4) is 0 Å². The van der Waals surface area contributed by atoms with E-state index < -0.39 is 11.7 Å². The molecule has 0 amide bonds. The number of rotatable bonds is 5. The second-order valence-corrected chi connectivity index (χ2v) is 3.79. The molecule has 0 atom stereocenters. The molecule has 0 saturated heterocycles. The molecule has 0 saturated carbocycles. The summed E-state index contributed by atoms with van der Waals surface area (Å²) in [5, 5.41) is 3.11. The fraction of sp³-hybridized carbons (Fsp3) is 0.385. The number of benzene rings is 1. The van der Waals surface area contributed by atoms with Crippen molar-refractivity contribution in [1.82, 2.24) is 5.32 Å². The lowest BCUT2D eigenvalue weighted by Gasteiger charge is -2.10. The molecule has 0 fully saturated rings. The molecule has 4 heteroatoms. The van der Waals surface area contributed by atoms with Crippen LogP contribution in [0.25, 0.3) is 5.57 Å². The highest BCUT2D eigenvalue weighted by molar-refractivity contribution is 5.64. The van der Waals surface area contributed by atoms with Crippen LogP contribution in [-0.4, -0.2) is 13.1 Å². The maximum Gasteiger partial charge on any atom is 0.416 e. The third-order valence-electron chi connectivity index (χ3n) is 2.45. The molecule has 0 aliphatic carbocycles. The molecule has 1 N–H and O–H groups in total. The minimum absolute atomic E-state index is 0.553. The van der Waals surface area contributed by atoms with Gasteiger partial charge in [-0.25, -0.2) is 0 Å². The maximum atomic E-state index is 12.5. The first-order valence-corrected chi connectivity index (χ1v) is 5.51. The first-order chi connectivity index (χ1) is 7.95. The fourth-order valence-electron chi connectivity index (χ4n) is 1.48. The molecule has 0 unspecified atom stereocenters. The molecule has 0 aliphatic rings. The van der Waals surface area contributed by atoms with Crippen LogP contribution < -0.4 is 5.32 Å². The molecule has 0 spiro atoms. The van der Waals surface area contributed by atoms with E-state index in [0.717, 1.165) is 30.8 Å². The summed E-state index contributed by atoms with van der Waals surface area (Å²) in [6.45, 7) is 7.36.